The monoisotopic (exact) mass is 240 g/mol. The molecule has 96 valence electrons. The van der Waals surface area contributed by atoms with Crippen molar-refractivity contribution in [2.45, 2.75) is 32.5 Å². The lowest BCUT2D eigenvalue weighted by molar-refractivity contribution is -0.149. The van der Waals surface area contributed by atoms with Crippen LogP contribution in [0.4, 0.5) is 0 Å². The lowest BCUT2D eigenvalue weighted by atomic mass is 9.99. The van der Waals surface area contributed by atoms with Crippen molar-refractivity contribution in [2.24, 2.45) is 5.92 Å². The van der Waals surface area contributed by atoms with Crippen LogP contribution in [0.3, 0.4) is 0 Å². The van der Waals surface area contributed by atoms with E-state index in [-0.39, 0.29) is 24.1 Å². The van der Waals surface area contributed by atoms with Gasteiger partial charge in [0.05, 0.1) is 37.6 Å². The molecule has 4 heteroatoms. The molecule has 17 heavy (non-hydrogen) atoms. The van der Waals surface area contributed by atoms with Crippen LogP contribution in [0.25, 0.3) is 0 Å². The van der Waals surface area contributed by atoms with Gasteiger partial charge < -0.3 is 14.2 Å². The highest BCUT2D eigenvalue weighted by Gasteiger charge is 2.38. The van der Waals surface area contributed by atoms with E-state index < -0.39 is 0 Å². The molecule has 0 amide bonds. The Balaban J connectivity index is 2.63. The normalized spacial score (nSPS) is 28.2. The Morgan fingerprint density at radius 2 is 2.24 bits per heavy atom. The second-order valence-corrected chi connectivity index (χ2v) is 3.75. The van der Waals surface area contributed by atoms with Crippen molar-refractivity contribution >= 4 is 5.97 Å². The molecule has 0 saturated carbocycles. The Labute approximate surface area is 102 Å². The van der Waals surface area contributed by atoms with E-state index in [2.05, 4.69) is 6.58 Å². The highest BCUT2D eigenvalue weighted by Crippen LogP contribution is 2.29. The molecule has 1 aliphatic rings. The largest absolute Gasteiger partial charge is 0.502 e. The zero-order valence-electron chi connectivity index (χ0n) is 10.4. The molecule has 0 aromatic rings. The van der Waals surface area contributed by atoms with Crippen molar-refractivity contribution in [3.05, 3.63) is 25.0 Å². The van der Waals surface area contributed by atoms with E-state index in [9.17, 15) is 4.79 Å². The summed E-state index contributed by atoms with van der Waals surface area (Å²) in [4.78, 5) is 11.7. The Kier molecular flexibility index (Phi) is 5.77. The van der Waals surface area contributed by atoms with Crippen LogP contribution in [0.1, 0.15) is 20.3 Å². The first-order valence-corrected chi connectivity index (χ1v) is 5.95. The molecule has 1 aliphatic heterocycles. The predicted octanol–water partition coefficient (Wildman–Crippen LogP) is 2.06. The van der Waals surface area contributed by atoms with E-state index in [4.69, 9.17) is 14.2 Å². The van der Waals surface area contributed by atoms with Gasteiger partial charge in [-0.15, -0.1) is 6.58 Å². The van der Waals surface area contributed by atoms with Crippen molar-refractivity contribution < 1.29 is 19.0 Å². The minimum atomic E-state index is -0.288. The molecule has 0 aromatic carbocycles. The van der Waals surface area contributed by atoms with Gasteiger partial charge in [0.25, 0.3) is 0 Å². The van der Waals surface area contributed by atoms with E-state index in [0.29, 0.717) is 19.6 Å². The van der Waals surface area contributed by atoms with Crippen molar-refractivity contribution in [1.82, 2.24) is 0 Å². The zero-order valence-corrected chi connectivity index (χ0v) is 10.4. The summed E-state index contributed by atoms with van der Waals surface area (Å²) in [5.41, 5.74) is 0. The average molecular weight is 240 g/mol. The van der Waals surface area contributed by atoms with E-state index in [1.54, 1.807) is 25.3 Å². The van der Waals surface area contributed by atoms with Gasteiger partial charge in [-0.1, -0.05) is 6.08 Å². The number of carbonyl (C=O) groups excluding carboxylic acids is 1. The fourth-order valence-electron chi connectivity index (χ4n) is 1.78. The van der Waals surface area contributed by atoms with Gasteiger partial charge in [0.1, 0.15) is 0 Å². The fraction of sp³-hybridized carbons (Fsp3) is 0.615. The maximum atomic E-state index is 11.7. The van der Waals surface area contributed by atoms with Gasteiger partial charge >= 0.3 is 5.97 Å². The van der Waals surface area contributed by atoms with Gasteiger partial charge in [-0.3, -0.25) is 4.79 Å². The third-order valence-corrected chi connectivity index (χ3v) is 2.60. The standard InChI is InChI=1S/C13H20O4/c1-4-10-9-11(13(14)16-6-3)12(17-10)7-8-15-5-2/h4,7-8,10-12H,1,5-6,9H2,2-3H3/b8-7+/t10-,11+,12+/m0/s1. The molecule has 0 aliphatic carbocycles. The Hall–Kier alpha value is -1.29. The SMILES string of the molecule is C=C[C@H]1C[C@@H](C(=O)OCC)[C@@H](/C=C/OCC)O1. The Morgan fingerprint density at radius 1 is 1.47 bits per heavy atom. The minimum absolute atomic E-state index is 0.0966. The topological polar surface area (TPSA) is 44.8 Å². The van der Waals surface area contributed by atoms with Crippen molar-refractivity contribution in [3.63, 3.8) is 0 Å². The summed E-state index contributed by atoms with van der Waals surface area (Å²) in [6, 6.07) is 0. The van der Waals surface area contributed by atoms with Crippen molar-refractivity contribution in [1.29, 1.82) is 0 Å². The highest BCUT2D eigenvalue weighted by atomic mass is 16.5. The summed E-state index contributed by atoms with van der Waals surface area (Å²) in [5.74, 6) is -0.488. The molecule has 1 saturated heterocycles. The summed E-state index contributed by atoms with van der Waals surface area (Å²) in [5, 5.41) is 0. The summed E-state index contributed by atoms with van der Waals surface area (Å²) in [6.07, 6.45) is 5.27. The minimum Gasteiger partial charge on any atom is -0.502 e. The number of carbonyl (C=O) groups is 1. The van der Waals surface area contributed by atoms with Gasteiger partial charge in [-0.2, -0.15) is 0 Å². The smallest absolute Gasteiger partial charge is 0.312 e. The van der Waals surface area contributed by atoms with Crippen LogP contribution < -0.4 is 0 Å². The molecule has 0 spiro atoms. The van der Waals surface area contributed by atoms with Crippen LogP contribution in [0.15, 0.2) is 25.0 Å². The average Bonchev–Trinajstić information content (AvgIpc) is 2.73. The number of ether oxygens (including phenoxy) is 3. The summed E-state index contributed by atoms with van der Waals surface area (Å²) in [7, 11) is 0. The molecule has 0 unspecified atom stereocenters. The lowest BCUT2D eigenvalue weighted by Gasteiger charge is -2.13. The Morgan fingerprint density at radius 3 is 2.82 bits per heavy atom. The summed E-state index contributed by atoms with van der Waals surface area (Å²) in [6.45, 7) is 8.35. The number of rotatable bonds is 6. The first-order valence-electron chi connectivity index (χ1n) is 5.95. The van der Waals surface area contributed by atoms with Crippen LogP contribution in [0.2, 0.25) is 0 Å². The van der Waals surface area contributed by atoms with Gasteiger partial charge in [0, 0.05) is 0 Å². The fourth-order valence-corrected chi connectivity index (χ4v) is 1.78. The first-order chi connectivity index (χ1) is 8.22. The predicted molar refractivity (Wildman–Crippen MR) is 64.4 cm³/mol. The molecule has 1 rings (SSSR count). The van der Waals surface area contributed by atoms with Crippen LogP contribution in [0.5, 0.6) is 0 Å². The first kappa shape index (κ1) is 13.8. The molecular weight excluding hydrogens is 220 g/mol. The van der Waals surface area contributed by atoms with E-state index in [1.165, 1.54) is 0 Å². The molecular formula is C13H20O4. The van der Waals surface area contributed by atoms with E-state index >= 15 is 0 Å². The quantitative estimate of drug-likeness (QED) is 0.405. The second-order valence-electron chi connectivity index (χ2n) is 3.75. The molecule has 0 radical (unpaired) electrons. The van der Waals surface area contributed by atoms with Gasteiger partial charge in [0.2, 0.25) is 0 Å². The molecule has 0 bridgehead atoms. The van der Waals surface area contributed by atoms with Crippen LogP contribution in [-0.2, 0) is 19.0 Å². The molecule has 1 fully saturated rings. The number of hydrogen-bond acceptors (Lipinski definition) is 4. The molecule has 0 N–H and O–H groups in total. The molecule has 1 heterocycles. The van der Waals surface area contributed by atoms with Crippen molar-refractivity contribution in [2.75, 3.05) is 13.2 Å². The molecule has 3 atom stereocenters. The number of hydrogen-bond donors (Lipinski definition) is 0. The third kappa shape index (κ3) is 3.89. The van der Waals surface area contributed by atoms with Crippen LogP contribution >= 0.6 is 0 Å². The Bertz CT molecular complexity index is 285. The van der Waals surface area contributed by atoms with Crippen molar-refractivity contribution in [3.8, 4) is 0 Å². The zero-order chi connectivity index (χ0) is 12.7. The second kappa shape index (κ2) is 7.12. The summed E-state index contributed by atoms with van der Waals surface area (Å²) < 4.78 is 15.8. The maximum Gasteiger partial charge on any atom is 0.312 e. The third-order valence-electron chi connectivity index (χ3n) is 2.60. The van der Waals surface area contributed by atoms with E-state index in [1.807, 2.05) is 6.92 Å². The van der Waals surface area contributed by atoms with Crippen LogP contribution in [0, 0.1) is 5.92 Å². The van der Waals surface area contributed by atoms with Gasteiger partial charge in [0.15, 0.2) is 0 Å². The van der Waals surface area contributed by atoms with Gasteiger partial charge in [-0.05, 0) is 26.3 Å². The highest BCUT2D eigenvalue weighted by molar-refractivity contribution is 5.74. The van der Waals surface area contributed by atoms with Crippen LogP contribution in [-0.4, -0.2) is 31.4 Å². The maximum absolute atomic E-state index is 11.7. The summed E-state index contributed by atoms with van der Waals surface area (Å²) >= 11 is 0. The van der Waals surface area contributed by atoms with E-state index in [0.717, 1.165) is 0 Å². The number of esters is 1. The van der Waals surface area contributed by atoms with Gasteiger partial charge in [-0.25, -0.2) is 0 Å². The lowest BCUT2D eigenvalue weighted by Crippen LogP contribution is -2.24. The molecule has 4 nitrogen and oxygen atoms in total. The molecule has 0 aromatic heterocycles.